The molecule has 9 heteroatoms. The number of hydrogen-bond acceptors (Lipinski definition) is 4. The van der Waals surface area contributed by atoms with Gasteiger partial charge in [0.15, 0.2) is 0 Å². The Morgan fingerprint density at radius 2 is 1.40 bits per heavy atom. The number of nitrogens with two attached hydrogens (primary N) is 1. The third-order valence-corrected chi connectivity index (χ3v) is 5.61. The minimum Gasteiger partial charge on any atom is -0.348 e. The van der Waals surface area contributed by atoms with Gasteiger partial charge in [0, 0.05) is 44.9 Å². The number of benzene rings is 3. The molecule has 3 N–H and O–H groups in total. The van der Waals surface area contributed by atoms with Crippen LogP contribution in [0.5, 0.6) is 0 Å². The van der Waals surface area contributed by atoms with Crippen molar-refractivity contribution in [3.63, 3.8) is 0 Å². The summed E-state index contributed by atoms with van der Waals surface area (Å²) in [6.45, 7) is 2.57. The fraction of sp³-hybridized carbons (Fsp3) is 0.115. The summed E-state index contributed by atoms with van der Waals surface area (Å²) >= 11 is 23.4. The van der Waals surface area contributed by atoms with Gasteiger partial charge in [-0.15, -0.1) is 0 Å². The molecule has 0 spiro atoms. The minimum absolute atomic E-state index is 0.255. The largest absolute Gasteiger partial charge is 0.348 e. The van der Waals surface area contributed by atoms with Crippen molar-refractivity contribution in [3.05, 3.63) is 116 Å². The van der Waals surface area contributed by atoms with E-state index in [1.807, 2.05) is 30.3 Å². The predicted molar refractivity (Wildman–Crippen MR) is 144 cm³/mol. The van der Waals surface area contributed by atoms with Crippen LogP contribution in [0.1, 0.15) is 27.3 Å². The number of aryl methyl sites for hydroxylation is 1. The van der Waals surface area contributed by atoms with Gasteiger partial charge in [-0.1, -0.05) is 76.7 Å². The van der Waals surface area contributed by atoms with E-state index in [9.17, 15) is 4.79 Å². The molecule has 5 nitrogen and oxygen atoms in total. The third-order valence-electron chi connectivity index (χ3n) is 4.73. The molecular formula is C26H22Cl4N4O. The second-order valence-electron chi connectivity index (χ2n) is 7.49. The van der Waals surface area contributed by atoms with Crippen molar-refractivity contribution in [2.75, 3.05) is 0 Å². The zero-order chi connectivity index (χ0) is 25.4. The van der Waals surface area contributed by atoms with Gasteiger partial charge in [0.05, 0.1) is 11.3 Å². The lowest BCUT2D eigenvalue weighted by Gasteiger charge is -2.10. The quantitative estimate of drug-likeness (QED) is 0.278. The first-order chi connectivity index (χ1) is 16.7. The molecule has 180 valence electrons. The summed E-state index contributed by atoms with van der Waals surface area (Å²) in [7, 11) is 0. The van der Waals surface area contributed by atoms with E-state index in [2.05, 4.69) is 15.3 Å². The Morgan fingerprint density at radius 1 is 0.857 bits per heavy atom. The van der Waals surface area contributed by atoms with Crippen LogP contribution >= 0.6 is 46.4 Å². The second kappa shape index (κ2) is 12.9. The van der Waals surface area contributed by atoms with E-state index in [4.69, 9.17) is 52.1 Å². The highest BCUT2D eigenvalue weighted by molar-refractivity contribution is 6.35. The fourth-order valence-corrected chi connectivity index (χ4v) is 4.31. The minimum atomic E-state index is -0.255. The van der Waals surface area contributed by atoms with Crippen LogP contribution in [0.15, 0.2) is 72.9 Å². The number of nitrogens with one attached hydrogen (secondary N) is 1. The standard InChI is InChI=1S/C19H15Cl2N3O.C7H7Cl2N/c1-12-22-11-17(18(24-12)14-5-3-2-4-6-14)19(25)23-10-13-7-15(20)9-16(21)8-13;8-6-1-5(4-10)2-7(9)3-6/h2-9,11H,10H2,1H3,(H,23,25);1-3H,4,10H2. The first-order valence-electron chi connectivity index (χ1n) is 10.5. The van der Waals surface area contributed by atoms with E-state index < -0.39 is 0 Å². The topological polar surface area (TPSA) is 80.9 Å². The lowest BCUT2D eigenvalue weighted by atomic mass is 10.1. The van der Waals surface area contributed by atoms with Crippen LogP contribution in [0, 0.1) is 6.92 Å². The molecule has 0 atom stereocenters. The molecule has 0 fully saturated rings. The maximum absolute atomic E-state index is 12.6. The number of aromatic nitrogens is 2. The van der Waals surface area contributed by atoms with Crippen LogP contribution in [0.2, 0.25) is 20.1 Å². The molecule has 0 aliphatic rings. The van der Waals surface area contributed by atoms with Gasteiger partial charge < -0.3 is 11.1 Å². The number of nitrogens with zero attached hydrogens (tertiary/aromatic N) is 2. The van der Waals surface area contributed by atoms with Crippen molar-refractivity contribution in [1.29, 1.82) is 0 Å². The van der Waals surface area contributed by atoms with Crippen molar-refractivity contribution in [1.82, 2.24) is 15.3 Å². The van der Waals surface area contributed by atoms with Gasteiger partial charge >= 0.3 is 0 Å². The highest BCUT2D eigenvalue weighted by atomic mass is 35.5. The van der Waals surface area contributed by atoms with Crippen LogP contribution in [0.4, 0.5) is 0 Å². The van der Waals surface area contributed by atoms with Gasteiger partial charge in [0.25, 0.3) is 5.91 Å². The fourth-order valence-electron chi connectivity index (χ4n) is 3.17. The SMILES string of the molecule is Cc1ncc(C(=O)NCc2cc(Cl)cc(Cl)c2)c(-c2ccccc2)n1.NCc1cc(Cl)cc(Cl)c1. The van der Waals surface area contributed by atoms with E-state index in [1.54, 1.807) is 49.5 Å². The van der Waals surface area contributed by atoms with Crippen LogP contribution in [0.3, 0.4) is 0 Å². The van der Waals surface area contributed by atoms with E-state index in [-0.39, 0.29) is 5.91 Å². The second-order valence-corrected chi connectivity index (χ2v) is 9.23. The van der Waals surface area contributed by atoms with Crippen LogP contribution in [0.25, 0.3) is 11.3 Å². The molecule has 0 saturated carbocycles. The Labute approximate surface area is 224 Å². The van der Waals surface area contributed by atoms with Gasteiger partial charge in [-0.25, -0.2) is 9.97 Å². The molecule has 3 aromatic carbocycles. The number of carbonyl (C=O) groups excluding carboxylic acids is 1. The molecule has 0 saturated heterocycles. The van der Waals surface area contributed by atoms with Crippen LogP contribution < -0.4 is 11.1 Å². The number of rotatable bonds is 5. The summed E-state index contributed by atoms with van der Waals surface area (Å²) in [6.07, 6.45) is 1.55. The number of hydrogen-bond donors (Lipinski definition) is 2. The smallest absolute Gasteiger partial charge is 0.255 e. The van der Waals surface area contributed by atoms with E-state index in [1.165, 1.54) is 0 Å². The first-order valence-corrected chi connectivity index (χ1v) is 12.0. The Morgan fingerprint density at radius 3 is 1.94 bits per heavy atom. The molecular weight excluding hydrogens is 526 g/mol. The molecule has 0 aliphatic heterocycles. The molecule has 1 amide bonds. The summed E-state index contributed by atoms with van der Waals surface area (Å²) in [4.78, 5) is 21.2. The highest BCUT2D eigenvalue weighted by Gasteiger charge is 2.15. The van der Waals surface area contributed by atoms with Gasteiger partial charge in [0.2, 0.25) is 0 Å². The monoisotopic (exact) mass is 546 g/mol. The maximum Gasteiger partial charge on any atom is 0.255 e. The van der Waals surface area contributed by atoms with Crippen molar-refractivity contribution >= 4 is 52.3 Å². The molecule has 1 aromatic heterocycles. The molecule has 0 aliphatic carbocycles. The van der Waals surface area contributed by atoms with Gasteiger partial charge in [-0.05, 0) is 54.4 Å². The summed E-state index contributed by atoms with van der Waals surface area (Å²) in [5.41, 5.74) is 9.04. The summed E-state index contributed by atoms with van der Waals surface area (Å²) in [5, 5.41) is 5.18. The van der Waals surface area contributed by atoms with E-state index >= 15 is 0 Å². The van der Waals surface area contributed by atoms with Gasteiger partial charge in [-0.2, -0.15) is 0 Å². The average Bonchev–Trinajstić information content (AvgIpc) is 2.82. The number of carbonyl (C=O) groups is 1. The van der Waals surface area contributed by atoms with Crippen molar-refractivity contribution in [2.24, 2.45) is 5.73 Å². The third kappa shape index (κ3) is 8.20. The molecule has 0 bridgehead atoms. The zero-order valence-electron chi connectivity index (χ0n) is 18.7. The zero-order valence-corrected chi connectivity index (χ0v) is 21.8. The molecule has 0 unspecified atom stereocenters. The normalized spacial score (nSPS) is 10.3. The van der Waals surface area contributed by atoms with Crippen molar-refractivity contribution in [2.45, 2.75) is 20.0 Å². The predicted octanol–water partition coefficient (Wildman–Crippen LogP) is 7.14. The Balaban J connectivity index is 0.000000287. The Hall–Kier alpha value is -2.67. The molecule has 4 rings (SSSR count). The first kappa shape index (κ1) is 26.9. The van der Waals surface area contributed by atoms with Crippen molar-refractivity contribution < 1.29 is 4.79 Å². The molecule has 0 radical (unpaired) electrons. The van der Waals surface area contributed by atoms with Gasteiger partial charge in [-0.3, -0.25) is 4.79 Å². The van der Waals surface area contributed by atoms with Crippen LogP contribution in [-0.2, 0) is 13.1 Å². The number of amides is 1. The molecule has 4 aromatic rings. The molecule has 1 heterocycles. The highest BCUT2D eigenvalue weighted by Crippen LogP contribution is 2.22. The van der Waals surface area contributed by atoms with Crippen molar-refractivity contribution in [3.8, 4) is 11.3 Å². The van der Waals surface area contributed by atoms with Crippen LogP contribution in [-0.4, -0.2) is 15.9 Å². The lowest BCUT2D eigenvalue weighted by molar-refractivity contribution is 0.0951. The summed E-state index contributed by atoms with van der Waals surface area (Å²) in [6, 6.07) is 20.0. The maximum atomic E-state index is 12.6. The molecule has 35 heavy (non-hydrogen) atoms. The van der Waals surface area contributed by atoms with Gasteiger partial charge in [0.1, 0.15) is 5.82 Å². The average molecular weight is 548 g/mol. The summed E-state index contributed by atoms with van der Waals surface area (Å²) < 4.78 is 0. The van der Waals surface area contributed by atoms with E-state index in [0.29, 0.717) is 50.3 Å². The number of halogens is 4. The van der Waals surface area contributed by atoms with E-state index in [0.717, 1.165) is 16.7 Å². The Bertz CT molecular complexity index is 1280. The lowest BCUT2D eigenvalue weighted by Crippen LogP contribution is -2.24. The Kier molecular flexibility index (Phi) is 9.90. The summed E-state index contributed by atoms with van der Waals surface area (Å²) in [5.74, 6) is 0.354.